The van der Waals surface area contributed by atoms with Gasteiger partial charge in [-0.3, -0.25) is 14.9 Å². The van der Waals surface area contributed by atoms with Crippen LogP contribution in [0.1, 0.15) is 6.92 Å². The van der Waals surface area contributed by atoms with Crippen molar-refractivity contribution in [2.45, 2.75) is 13.5 Å². The number of hydrogen-bond acceptors (Lipinski definition) is 5. The summed E-state index contributed by atoms with van der Waals surface area (Å²) in [5.74, 6) is -0.636. The van der Waals surface area contributed by atoms with E-state index >= 15 is 0 Å². The van der Waals surface area contributed by atoms with Crippen LogP contribution >= 0.6 is 0 Å². The number of nitrogens with zero attached hydrogens (tertiary/aromatic N) is 3. The molecular weight excluding hydrogens is 262 g/mol. The number of urea groups is 1. The van der Waals surface area contributed by atoms with Gasteiger partial charge in [-0.15, -0.1) is 5.10 Å². The number of amides is 3. The summed E-state index contributed by atoms with van der Waals surface area (Å²) in [4.78, 5) is 34.8. The predicted octanol–water partition coefficient (Wildman–Crippen LogP) is -0.363. The van der Waals surface area contributed by atoms with Crippen LogP contribution in [0.2, 0.25) is 0 Å². The number of carbonyl (C=O) groups is 2. The largest absolute Gasteiger partial charge is 0.338 e. The maximum Gasteiger partial charge on any atom is 0.321 e. The summed E-state index contributed by atoms with van der Waals surface area (Å²) >= 11 is 0. The van der Waals surface area contributed by atoms with Crippen molar-refractivity contribution in [2.75, 3.05) is 6.54 Å². The van der Waals surface area contributed by atoms with Gasteiger partial charge < -0.3 is 5.32 Å². The third-order valence-electron chi connectivity index (χ3n) is 2.51. The normalized spacial score (nSPS) is 10.2. The molecule has 1 aromatic carbocycles. The van der Waals surface area contributed by atoms with Crippen molar-refractivity contribution in [1.82, 2.24) is 25.6 Å². The first-order valence-electron chi connectivity index (χ1n) is 6.02. The van der Waals surface area contributed by atoms with E-state index in [-0.39, 0.29) is 6.54 Å². The second kappa shape index (κ2) is 5.91. The molecule has 1 aromatic heterocycles. The van der Waals surface area contributed by atoms with Gasteiger partial charge in [-0.05, 0) is 19.1 Å². The SMILES string of the molecule is CCNC(=O)NC(=O)Cn1nnc2ccccc2c1=O. The molecule has 1 heterocycles. The molecule has 2 N–H and O–H groups in total. The molecule has 8 nitrogen and oxygen atoms in total. The lowest BCUT2D eigenvalue weighted by molar-refractivity contribution is -0.120. The lowest BCUT2D eigenvalue weighted by atomic mass is 10.2. The molecular formula is C12H13N5O3. The number of fused-ring (bicyclic) bond motifs is 1. The molecule has 2 aromatic rings. The minimum absolute atomic E-state index is 0.367. The molecule has 0 saturated carbocycles. The molecule has 2 rings (SSSR count). The second-order valence-electron chi connectivity index (χ2n) is 3.98. The Bertz CT molecular complexity index is 710. The summed E-state index contributed by atoms with van der Waals surface area (Å²) in [6.07, 6.45) is 0. The average Bonchev–Trinajstić information content (AvgIpc) is 2.42. The van der Waals surface area contributed by atoms with Crippen LogP contribution in [0.25, 0.3) is 10.9 Å². The van der Waals surface area contributed by atoms with E-state index in [4.69, 9.17) is 0 Å². The van der Waals surface area contributed by atoms with E-state index in [0.717, 1.165) is 4.68 Å². The molecule has 0 unspecified atom stereocenters. The van der Waals surface area contributed by atoms with Crippen molar-refractivity contribution in [2.24, 2.45) is 0 Å². The van der Waals surface area contributed by atoms with Crippen LogP contribution in [-0.4, -0.2) is 33.5 Å². The minimum atomic E-state index is -0.636. The summed E-state index contributed by atoms with van der Waals surface area (Å²) < 4.78 is 0.914. The van der Waals surface area contributed by atoms with Gasteiger partial charge in [-0.2, -0.15) is 0 Å². The van der Waals surface area contributed by atoms with Crippen LogP contribution in [0.5, 0.6) is 0 Å². The van der Waals surface area contributed by atoms with Crippen molar-refractivity contribution < 1.29 is 9.59 Å². The van der Waals surface area contributed by atoms with Crippen molar-refractivity contribution in [1.29, 1.82) is 0 Å². The number of hydrogen-bond donors (Lipinski definition) is 2. The van der Waals surface area contributed by atoms with Crippen molar-refractivity contribution >= 4 is 22.8 Å². The predicted molar refractivity (Wildman–Crippen MR) is 71.0 cm³/mol. The molecule has 0 bridgehead atoms. The first-order chi connectivity index (χ1) is 9.61. The number of rotatable bonds is 3. The number of aromatic nitrogens is 3. The molecule has 0 saturated heterocycles. The monoisotopic (exact) mass is 275 g/mol. The highest BCUT2D eigenvalue weighted by Crippen LogP contribution is 2.02. The second-order valence-corrected chi connectivity index (χ2v) is 3.98. The Hall–Kier alpha value is -2.77. The first-order valence-corrected chi connectivity index (χ1v) is 6.02. The fraction of sp³-hybridized carbons (Fsp3) is 0.250. The zero-order chi connectivity index (χ0) is 14.5. The topological polar surface area (TPSA) is 106 Å². The number of benzene rings is 1. The summed E-state index contributed by atoms with van der Waals surface area (Å²) in [5.41, 5.74) is 0.0273. The van der Waals surface area contributed by atoms with Gasteiger partial charge in [0, 0.05) is 6.54 Å². The van der Waals surface area contributed by atoms with E-state index in [9.17, 15) is 14.4 Å². The van der Waals surface area contributed by atoms with E-state index in [2.05, 4.69) is 20.9 Å². The zero-order valence-corrected chi connectivity index (χ0v) is 10.8. The Morgan fingerprint density at radius 3 is 2.80 bits per heavy atom. The van der Waals surface area contributed by atoms with E-state index in [0.29, 0.717) is 17.4 Å². The maximum absolute atomic E-state index is 12.1. The lowest BCUT2D eigenvalue weighted by Crippen LogP contribution is -2.42. The maximum atomic E-state index is 12.1. The highest BCUT2D eigenvalue weighted by atomic mass is 16.2. The van der Waals surface area contributed by atoms with Gasteiger partial charge in [-0.1, -0.05) is 17.3 Å². The standard InChI is InChI=1S/C12H13N5O3/c1-2-13-12(20)14-10(18)7-17-11(19)8-5-3-4-6-9(8)15-16-17/h3-6H,2,7H2,1H3,(H2,13,14,18,20). The molecule has 104 valence electrons. The molecule has 0 atom stereocenters. The number of imide groups is 1. The third-order valence-corrected chi connectivity index (χ3v) is 2.51. The van der Waals surface area contributed by atoms with Crippen LogP contribution in [0, 0.1) is 0 Å². The quantitative estimate of drug-likeness (QED) is 0.795. The van der Waals surface area contributed by atoms with Gasteiger partial charge in [0.25, 0.3) is 5.56 Å². The van der Waals surface area contributed by atoms with Crippen LogP contribution in [0.4, 0.5) is 4.79 Å². The highest BCUT2D eigenvalue weighted by Gasteiger charge is 2.11. The van der Waals surface area contributed by atoms with Gasteiger partial charge in [0.1, 0.15) is 12.1 Å². The molecule has 20 heavy (non-hydrogen) atoms. The molecule has 0 aliphatic heterocycles. The van der Waals surface area contributed by atoms with E-state index < -0.39 is 17.5 Å². The molecule has 0 aliphatic rings. The summed E-state index contributed by atoms with van der Waals surface area (Å²) in [6, 6.07) is 6.08. The molecule has 0 fully saturated rings. The van der Waals surface area contributed by atoms with E-state index in [1.165, 1.54) is 0 Å². The Labute approximate surface area is 113 Å². The lowest BCUT2D eigenvalue weighted by Gasteiger charge is -2.06. The molecule has 0 radical (unpaired) electrons. The summed E-state index contributed by atoms with van der Waals surface area (Å²) in [6.45, 7) is 1.76. The minimum Gasteiger partial charge on any atom is -0.338 e. The number of carbonyl (C=O) groups excluding carboxylic acids is 2. The van der Waals surface area contributed by atoms with Crippen molar-refractivity contribution in [3.63, 3.8) is 0 Å². The van der Waals surface area contributed by atoms with E-state index in [1.54, 1.807) is 31.2 Å². The van der Waals surface area contributed by atoms with Gasteiger partial charge in [0.05, 0.1) is 5.39 Å². The van der Waals surface area contributed by atoms with Crippen LogP contribution in [-0.2, 0) is 11.3 Å². The van der Waals surface area contributed by atoms with Crippen LogP contribution in [0.15, 0.2) is 29.1 Å². The Morgan fingerprint density at radius 1 is 1.30 bits per heavy atom. The van der Waals surface area contributed by atoms with Gasteiger partial charge in [0.15, 0.2) is 0 Å². The molecule has 3 amide bonds. The van der Waals surface area contributed by atoms with Crippen LogP contribution in [0.3, 0.4) is 0 Å². The summed E-state index contributed by atoms with van der Waals surface area (Å²) in [5, 5.41) is 12.4. The number of nitrogens with one attached hydrogen (secondary N) is 2. The Kier molecular flexibility index (Phi) is 4.04. The smallest absolute Gasteiger partial charge is 0.321 e. The van der Waals surface area contributed by atoms with Crippen molar-refractivity contribution in [3.8, 4) is 0 Å². The molecule has 0 aliphatic carbocycles. The fourth-order valence-corrected chi connectivity index (χ4v) is 1.63. The fourth-order valence-electron chi connectivity index (χ4n) is 1.63. The van der Waals surface area contributed by atoms with Crippen molar-refractivity contribution in [3.05, 3.63) is 34.6 Å². The highest BCUT2D eigenvalue weighted by molar-refractivity contribution is 5.94. The zero-order valence-electron chi connectivity index (χ0n) is 10.8. The van der Waals surface area contributed by atoms with Gasteiger partial charge in [-0.25, -0.2) is 9.48 Å². The molecule has 8 heteroatoms. The van der Waals surface area contributed by atoms with Gasteiger partial charge >= 0.3 is 6.03 Å². The summed E-state index contributed by atoms with van der Waals surface area (Å²) in [7, 11) is 0. The molecule has 0 spiro atoms. The Balaban J connectivity index is 2.18. The Morgan fingerprint density at radius 2 is 2.05 bits per heavy atom. The third kappa shape index (κ3) is 2.97. The van der Waals surface area contributed by atoms with Gasteiger partial charge in [0.2, 0.25) is 5.91 Å². The average molecular weight is 275 g/mol. The van der Waals surface area contributed by atoms with Crippen LogP contribution < -0.4 is 16.2 Å². The first kappa shape index (κ1) is 13.7. The van der Waals surface area contributed by atoms with E-state index in [1.807, 2.05) is 0 Å².